The molecular formula is C13H15NOS. The third-order valence-electron chi connectivity index (χ3n) is 1.95. The van der Waals surface area contributed by atoms with Crippen molar-refractivity contribution in [3.63, 3.8) is 0 Å². The topological polar surface area (TPSA) is 29.1 Å². The molecule has 0 aromatic heterocycles. The smallest absolute Gasteiger partial charge is 0.216 e. The molecule has 0 heterocycles. The third-order valence-corrected chi connectivity index (χ3v) is 2.75. The summed E-state index contributed by atoms with van der Waals surface area (Å²) in [5.74, 6) is 6.16. The first-order valence-electron chi connectivity index (χ1n) is 5.10. The molecule has 0 aliphatic carbocycles. The molecule has 1 amide bonds. The molecule has 1 N–H and O–H groups in total. The average molecular weight is 233 g/mol. The third kappa shape index (κ3) is 4.41. The summed E-state index contributed by atoms with van der Waals surface area (Å²) in [7, 11) is 0. The lowest BCUT2D eigenvalue weighted by Gasteiger charge is -1.98. The van der Waals surface area contributed by atoms with Gasteiger partial charge < -0.3 is 5.32 Å². The normalized spacial score (nSPS) is 9.12. The second-order valence-electron chi connectivity index (χ2n) is 3.24. The van der Waals surface area contributed by atoms with E-state index in [1.807, 2.05) is 24.5 Å². The predicted octanol–water partition coefficient (Wildman–Crippen LogP) is 2.29. The second kappa shape index (κ2) is 6.97. The Balaban J connectivity index is 2.52. The molecule has 0 spiro atoms. The number of amides is 1. The Labute approximate surface area is 101 Å². The van der Waals surface area contributed by atoms with Crippen LogP contribution in [0.1, 0.15) is 18.9 Å². The van der Waals surface area contributed by atoms with Crippen LogP contribution in [0, 0.1) is 11.8 Å². The van der Waals surface area contributed by atoms with Crippen LogP contribution in [0.25, 0.3) is 0 Å². The van der Waals surface area contributed by atoms with Gasteiger partial charge >= 0.3 is 0 Å². The summed E-state index contributed by atoms with van der Waals surface area (Å²) in [6.07, 6.45) is 2.72. The highest BCUT2D eigenvalue weighted by molar-refractivity contribution is 7.98. The number of thioether (sulfide) groups is 1. The molecule has 1 aromatic carbocycles. The van der Waals surface area contributed by atoms with Crippen LogP contribution in [-0.2, 0) is 4.79 Å². The standard InChI is InChI=1S/C13H15NOS/c1-11(15)14-10-6-5-8-12-7-3-4-9-13(12)16-2/h3-4,7,9H,6,10H2,1-2H3,(H,14,15). The van der Waals surface area contributed by atoms with Crippen molar-refractivity contribution in [2.45, 2.75) is 18.2 Å². The van der Waals surface area contributed by atoms with Crippen LogP contribution < -0.4 is 5.32 Å². The van der Waals surface area contributed by atoms with Crippen LogP contribution in [0.3, 0.4) is 0 Å². The highest BCUT2D eigenvalue weighted by Gasteiger charge is 1.95. The van der Waals surface area contributed by atoms with Crippen LogP contribution in [0.5, 0.6) is 0 Å². The zero-order chi connectivity index (χ0) is 11.8. The van der Waals surface area contributed by atoms with E-state index in [1.165, 1.54) is 11.8 Å². The molecule has 1 aromatic rings. The van der Waals surface area contributed by atoms with E-state index in [-0.39, 0.29) is 5.91 Å². The molecule has 0 atom stereocenters. The van der Waals surface area contributed by atoms with Crippen LogP contribution in [0.4, 0.5) is 0 Å². The van der Waals surface area contributed by atoms with Gasteiger partial charge in [0.15, 0.2) is 0 Å². The minimum absolute atomic E-state index is 0.00804. The van der Waals surface area contributed by atoms with E-state index in [0.29, 0.717) is 13.0 Å². The average Bonchev–Trinajstić information content (AvgIpc) is 2.29. The Morgan fingerprint density at radius 2 is 2.19 bits per heavy atom. The number of benzene rings is 1. The highest BCUT2D eigenvalue weighted by atomic mass is 32.2. The van der Waals surface area contributed by atoms with Crippen molar-refractivity contribution in [2.75, 3.05) is 12.8 Å². The molecule has 0 aliphatic rings. The minimum Gasteiger partial charge on any atom is -0.355 e. The highest BCUT2D eigenvalue weighted by Crippen LogP contribution is 2.18. The number of hydrogen-bond acceptors (Lipinski definition) is 2. The second-order valence-corrected chi connectivity index (χ2v) is 4.08. The van der Waals surface area contributed by atoms with Crippen LogP contribution >= 0.6 is 11.8 Å². The van der Waals surface area contributed by atoms with Gasteiger partial charge in [-0.15, -0.1) is 11.8 Å². The molecule has 0 radical (unpaired) electrons. The van der Waals surface area contributed by atoms with Crippen molar-refractivity contribution in [2.24, 2.45) is 0 Å². The molecule has 3 heteroatoms. The molecule has 0 saturated heterocycles. The van der Waals surface area contributed by atoms with Crippen molar-refractivity contribution in [1.82, 2.24) is 5.32 Å². The number of carbonyl (C=O) groups is 1. The Kier molecular flexibility index (Phi) is 5.52. The Morgan fingerprint density at radius 1 is 1.44 bits per heavy atom. The number of nitrogens with one attached hydrogen (secondary N) is 1. The van der Waals surface area contributed by atoms with Gasteiger partial charge in [-0.2, -0.15) is 0 Å². The van der Waals surface area contributed by atoms with Crippen LogP contribution in [0.15, 0.2) is 29.2 Å². The summed E-state index contributed by atoms with van der Waals surface area (Å²) in [6, 6.07) is 8.06. The van der Waals surface area contributed by atoms with E-state index in [4.69, 9.17) is 0 Å². The zero-order valence-electron chi connectivity index (χ0n) is 9.54. The van der Waals surface area contributed by atoms with Gasteiger partial charge in [-0.1, -0.05) is 24.0 Å². The maximum Gasteiger partial charge on any atom is 0.216 e. The fourth-order valence-electron chi connectivity index (χ4n) is 1.21. The maximum absolute atomic E-state index is 10.6. The van der Waals surface area contributed by atoms with Gasteiger partial charge in [0.2, 0.25) is 5.91 Å². The van der Waals surface area contributed by atoms with Gasteiger partial charge in [0.05, 0.1) is 0 Å². The molecular weight excluding hydrogens is 218 g/mol. The van der Waals surface area contributed by atoms with E-state index >= 15 is 0 Å². The Morgan fingerprint density at radius 3 is 2.88 bits per heavy atom. The van der Waals surface area contributed by atoms with Gasteiger partial charge in [-0.05, 0) is 18.4 Å². The van der Waals surface area contributed by atoms with Gasteiger partial charge in [0.1, 0.15) is 0 Å². The fourth-order valence-corrected chi connectivity index (χ4v) is 1.76. The lowest BCUT2D eigenvalue weighted by molar-refractivity contribution is -0.118. The van der Waals surface area contributed by atoms with Gasteiger partial charge in [-0.25, -0.2) is 0 Å². The lowest BCUT2D eigenvalue weighted by atomic mass is 10.2. The lowest BCUT2D eigenvalue weighted by Crippen LogP contribution is -2.20. The van der Waals surface area contributed by atoms with Crippen molar-refractivity contribution in [1.29, 1.82) is 0 Å². The van der Waals surface area contributed by atoms with Crippen molar-refractivity contribution in [3.8, 4) is 11.8 Å². The molecule has 0 saturated carbocycles. The Hall–Kier alpha value is -1.40. The van der Waals surface area contributed by atoms with Crippen molar-refractivity contribution in [3.05, 3.63) is 29.8 Å². The quantitative estimate of drug-likeness (QED) is 0.493. The largest absolute Gasteiger partial charge is 0.355 e. The zero-order valence-corrected chi connectivity index (χ0v) is 10.4. The van der Waals surface area contributed by atoms with Gasteiger partial charge in [0.25, 0.3) is 0 Å². The van der Waals surface area contributed by atoms with E-state index < -0.39 is 0 Å². The summed E-state index contributed by atoms with van der Waals surface area (Å²) in [5.41, 5.74) is 1.05. The summed E-state index contributed by atoms with van der Waals surface area (Å²) in [5, 5.41) is 2.71. The Bertz CT molecular complexity index is 417. The number of rotatable bonds is 3. The molecule has 1 rings (SSSR count). The van der Waals surface area contributed by atoms with E-state index in [2.05, 4.69) is 23.2 Å². The van der Waals surface area contributed by atoms with E-state index in [0.717, 1.165) is 5.56 Å². The predicted molar refractivity (Wildman–Crippen MR) is 68.4 cm³/mol. The summed E-state index contributed by atoms with van der Waals surface area (Å²) < 4.78 is 0. The van der Waals surface area contributed by atoms with Crippen molar-refractivity contribution >= 4 is 17.7 Å². The molecule has 0 bridgehead atoms. The SMILES string of the molecule is CSc1ccccc1C#CCCNC(C)=O. The van der Waals surface area contributed by atoms with E-state index in [9.17, 15) is 4.79 Å². The monoisotopic (exact) mass is 233 g/mol. The first-order valence-corrected chi connectivity index (χ1v) is 6.33. The fraction of sp³-hybridized carbons (Fsp3) is 0.308. The molecule has 16 heavy (non-hydrogen) atoms. The molecule has 2 nitrogen and oxygen atoms in total. The van der Waals surface area contributed by atoms with Crippen LogP contribution in [-0.4, -0.2) is 18.7 Å². The van der Waals surface area contributed by atoms with Gasteiger partial charge in [0, 0.05) is 30.3 Å². The molecule has 84 valence electrons. The van der Waals surface area contributed by atoms with Crippen molar-refractivity contribution < 1.29 is 4.79 Å². The summed E-state index contributed by atoms with van der Waals surface area (Å²) >= 11 is 1.69. The van der Waals surface area contributed by atoms with Crippen LogP contribution in [0.2, 0.25) is 0 Å². The first kappa shape index (κ1) is 12.7. The minimum atomic E-state index is -0.00804. The first-order chi connectivity index (χ1) is 7.74. The number of hydrogen-bond donors (Lipinski definition) is 1. The summed E-state index contributed by atoms with van der Waals surface area (Å²) in [4.78, 5) is 11.8. The molecule has 0 aliphatic heterocycles. The number of carbonyl (C=O) groups excluding carboxylic acids is 1. The van der Waals surface area contributed by atoms with Gasteiger partial charge in [-0.3, -0.25) is 4.79 Å². The molecule has 0 fully saturated rings. The molecule has 0 unspecified atom stereocenters. The maximum atomic E-state index is 10.6. The summed E-state index contributed by atoms with van der Waals surface area (Å²) in [6.45, 7) is 2.13. The van der Waals surface area contributed by atoms with E-state index in [1.54, 1.807) is 11.8 Å².